The molecule has 21 heavy (non-hydrogen) atoms. The van der Waals surface area contributed by atoms with Crippen molar-refractivity contribution in [3.63, 3.8) is 0 Å². The molecule has 0 bridgehead atoms. The van der Waals surface area contributed by atoms with E-state index in [1.807, 2.05) is 13.0 Å². The zero-order chi connectivity index (χ0) is 15.5. The van der Waals surface area contributed by atoms with Crippen LogP contribution in [0.25, 0.3) is 0 Å². The predicted octanol–water partition coefficient (Wildman–Crippen LogP) is 4.25. The van der Waals surface area contributed by atoms with Gasteiger partial charge in [-0.25, -0.2) is 12.7 Å². The normalized spacial score (nSPS) is 10.8. The first-order valence-corrected chi connectivity index (χ1v) is 8.41. The lowest BCUT2D eigenvalue weighted by Gasteiger charge is -2.20. The highest BCUT2D eigenvalue weighted by molar-refractivity contribution is 9.10. The number of sulfonamides is 1. The number of hydrogen-bond donors (Lipinski definition) is 0. The van der Waals surface area contributed by atoms with Crippen LogP contribution < -0.4 is 4.31 Å². The molecule has 0 fully saturated rings. The third-order valence-corrected chi connectivity index (χ3v) is 5.04. The van der Waals surface area contributed by atoms with Crippen LogP contribution in [0.1, 0.15) is 5.56 Å². The molecule has 0 heterocycles. The highest BCUT2D eigenvalue weighted by Crippen LogP contribution is 2.26. The maximum Gasteiger partial charge on any atom is 0.268 e. The number of benzene rings is 2. The van der Waals surface area contributed by atoms with Gasteiger partial charge in [-0.05, 0) is 37.3 Å². The van der Waals surface area contributed by atoms with Crippen LogP contribution in [0.3, 0.4) is 0 Å². The number of rotatable bonds is 4. The van der Waals surface area contributed by atoms with Crippen LogP contribution in [0.15, 0.2) is 76.4 Å². The summed E-state index contributed by atoms with van der Waals surface area (Å²) in [5, 5.41) is 0. The molecule has 0 amide bonds. The number of anilines is 1. The zero-order valence-corrected chi connectivity index (χ0v) is 13.9. The molecule has 3 nitrogen and oxygen atoms in total. The van der Waals surface area contributed by atoms with E-state index in [2.05, 4.69) is 28.2 Å². The summed E-state index contributed by atoms with van der Waals surface area (Å²) in [6, 6.07) is 13.8. The standard InChI is InChI=1S/C16H14BrNO2S/c1-3-11-18(15-6-4-5-14(17)12-15)21(19,20)16-9-7-13(2)8-10-16/h4-12H,1H2,2H3. The Hall–Kier alpha value is -1.81. The van der Waals surface area contributed by atoms with Gasteiger partial charge in [0.05, 0.1) is 16.8 Å². The van der Waals surface area contributed by atoms with Crippen LogP contribution in [0.5, 0.6) is 0 Å². The summed E-state index contributed by atoms with van der Waals surface area (Å²) in [7, 11) is -3.70. The van der Waals surface area contributed by atoms with Crippen LogP contribution in [0.2, 0.25) is 0 Å². The lowest BCUT2D eigenvalue weighted by Crippen LogP contribution is -2.25. The van der Waals surface area contributed by atoms with E-state index in [9.17, 15) is 8.42 Å². The van der Waals surface area contributed by atoms with Gasteiger partial charge in [0.1, 0.15) is 0 Å². The van der Waals surface area contributed by atoms with Gasteiger partial charge in [0.15, 0.2) is 0 Å². The van der Waals surface area contributed by atoms with Gasteiger partial charge in [-0.15, -0.1) is 5.73 Å². The van der Waals surface area contributed by atoms with Crippen molar-refractivity contribution in [1.82, 2.24) is 0 Å². The van der Waals surface area contributed by atoms with E-state index in [1.165, 1.54) is 6.20 Å². The molecule has 0 atom stereocenters. The number of nitrogens with zero attached hydrogens (tertiary/aromatic N) is 1. The van der Waals surface area contributed by atoms with Gasteiger partial charge in [0.2, 0.25) is 0 Å². The van der Waals surface area contributed by atoms with Gasteiger partial charge in [-0.3, -0.25) is 0 Å². The van der Waals surface area contributed by atoms with Gasteiger partial charge in [0.25, 0.3) is 10.0 Å². The molecule has 0 saturated carbocycles. The maximum absolute atomic E-state index is 12.8. The lowest BCUT2D eigenvalue weighted by atomic mass is 10.2. The lowest BCUT2D eigenvalue weighted by molar-refractivity contribution is 0.596. The summed E-state index contributed by atoms with van der Waals surface area (Å²) >= 11 is 3.34. The fourth-order valence-electron chi connectivity index (χ4n) is 1.80. The second-order valence-electron chi connectivity index (χ2n) is 4.43. The minimum absolute atomic E-state index is 0.222. The molecule has 5 heteroatoms. The van der Waals surface area contributed by atoms with E-state index >= 15 is 0 Å². The van der Waals surface area contributed by atoms with Crippen molar-refractivity contribution in [2.75, 3.05) is 4.31 Å². The first kappa shape index (κ1) is 15.6. The van der Waals surface area contributed by atoms with E-state index in [-0.39, 0.29) is 4.90 Å². The minimum atomic E-state index is -3.70. The molecule has 2 aromatic carbocycles. The number of aryl methyl sites for hydroxylation is 1. The summed E-state index contributed by atoms with van der Waals surface area (Å²) in [6.07, 6.45) is 1.32. The van der Waals surface area contributed by atoms with E-state index in [0.29, 0.717) is 5.69 Å². The molecule has 0 saturated heterocycles. The topological polar surface area (TPSA) is 37.4 Å². The van der Waals surface area contributed by atoms with Crippen LogP contribution in [0, 0.1) is 6.92 Å². The van der Waals surface area contributed by atoms with Crippen molar-refractivity contribution in [3.8, 4) is 0 Å². The molecule has 0 radical (unpaired) electrons. The second-order valence-corrected chi connectivity index (χ2v) is 7.16. The molecule has 0 unspecified atom stereocenters. The Morgan fingerprint density at radius 1 is 1.19 bits per heavy atom. The summed E-state index contributed by atoms with van der Waals surface area (Å²) in [6.45, 7) is 5.38. The van der Waals surface area contributed by atoms with Crippen molar-refractivity contribution in [2.24, 2.45) is 0 Å². The van der Waals surface area contributed by atoms with Crippen molar-refractivity contribution in [1.29, 1.82) is 0 Å². The SMILES string of the molecule is C=C=CN(c1cccc(Br)c1)S(=O)(=O)c1ccc(C)cc1. The molecule has 2 aromatic rings. The third kappa shape index (κ3) is 3.45. The smallest absolute Gasteiger partial charge is 0.234 e. The number of halogens is 1. The Balaban J connectivity index is 2.56. The van der Waals surface area contributed by atoms with Gasteiger partial charge in [-0.1, -0.05) is 46.3 Å². The van der Waals surface area contributed by atoms with Crippen molar-refractivity contribution in [3.05, 3.63) is 77.1 Å². The van der Waals surface area contributed by atoms with Crippen molar-refractivity contribution >= 4 is 31.6 Å². The van der Waals surface area contributed by atoms with Crippen LogP contribution >= 0.6 is 15.9 Å². The largest absolute Gasteiger partial charge is 0.268 e. The summed E-state index contributed by atoms with van der Waals surface area (Å²) in [4.78, 5) is 0.222. The Kier molecular flexibility index (Phi) is 4.68. The van der Waals surface area contributed by atoms with Gasteiger partial charge in [0, 0.05) is 4.47 Å². The third-order valence-electron chi connectivity index (χ3n) is 2.85. The molecule has 0 N–H and O–H groups in total. The fraction of sp³-hybridized carbons (Fsp3) is 0.0625. The Labute approximate surface area is 133 Å². The first-order chi connectivity index (χ1) is 9.95. The first-order valence-electron chi connectivity index (χ1n) is 6.18. The Morgan fingerprint density at radius 3 is 2.43 bits per heavy atom. The van der Waals surface area contributed by atoms with Gasteiger partial charge >= 0.3 is 0 Å². The van der Waals surface area contributed by atoms with Gasteiger partial charge in [-0.2, -0.15) is 0 Å². The molecular weight excluding hydrogens is 350 g/mol. The second kappa shape index (κ2) is 6.31. The average Bonchev–Trinajstić information content (AvgIpc) is 2.45. The molecule has 108 valence electrons. The quantitative estimate of drug-likeness (QED) is 0.761. The Morgan fingerprint density at radius 2 is 1.86 bits per heavy atom. The van der Waals surface area contributed by atoms with Crippen LogP contribution in [-0.4, -0.2) is 8.42 Å². The predicted molar refractivity (Wildman–Crippen MR) is 88.7 cm³/mol. The van der Waals surface area contributed by atoms with Crippen LogP contribution in [-0.2, 0) is 10.0 Å². The fourth-order valence-corrected chi connectivity index (χ4v) is 3.50. The van der Waals surface area contributed by atoms with E-state index in [1.54, 1.807) is 42.5 Å². The molecule has 0 aliphatic rings. The maximum atomic E-state index is 12.8. The van der Waals surface area contributed by atoms with E-state index in [0.717, 1.165) is 14.3 Å². The highest BCUT2D eigenvalue weighted by Gasteiger charge is 2.23. The molecule has 0 aromatic heterocycles. The summed E-state index contributed by atoms with van der Waals surface area (Å²) in [5.41, 5.74) is 4.05. The highest BCUT2D eigenvalue weighted by atomic mass is 79.9. The molecule has 0 aliphatic carbocycles. The van der Waals surface area contributed by atoms with E-state index < -0.39 is 10.0 Å². The van der Waals surface area contributed by atoms with Crippen LogP contribution in [0.4, 0.5) is 5.69 Å². The van der Waals surface area contributed by atoms with Crippen molar-refractivity contribution < 1.29 is 8.42 Å². The minimum Gasteiger partial charge on any atom is -0.234 e. The zero-order valence-electron chi connectivity index (χ0n) is 11.5. The number of hydrogen-bond acceptors (Lipinski definition) is 2. The van der Waals surface area contributed by atoms with Gasteiger partial charge < -0.3 is 0 Å². The van der Waals surface area contributed by atoms with Crippen molar-refractivity contribution in [2.45, 2.75) is 11.8 Å². The molecular formula is C16H14BrNO2S. The molecule has 0 spiro atoms. The molecule has 0 aliphatic heterocycles. The summed E-state index contributed by atoms with van der Waals surface area (Å²) < 4.78 is 27.5. The molecule has 2 rings (SSSR count). The average molecular weight is 364 g/mol. The Bertz CT molecular complexity index is 791. The van der Waals surface area contributed by atoms with E-state index in [4.69, 9.17) is 0 Å². The summed E-state index contributed by atoms with van der Waals surface area (Å²) in [5.74, 6) is 0. The monoisotopic (exact) mass is 363 g/mol.